The van der Waals surface area contributed by atoms with Crippen molar-refractivity contribution in [3.63, 3.8) is 0 Å². The second-order valence-electron chi connectivity index (χ2n) is 5.51. The van der Waals surface area contributed by atoms with Crippen LogP contribution >= 0.6 is 0 Å². The Bertz CT molecular complexity index is 868. The molecule has 0 radical (unpaired) electrons. The predicted octanol–water partition coefficient (Wildman–Crippen LogP) is 1.68. The summed E-state index contributed by atoms with van der Waals surface area (Å²) in [6, 6.07) is 12.0. The summed E-state index contributed by atoms with van der Waals surface area (Å²) in [5.41, 5.74) is 2.95. The molecule has 0 saturated carbocycles. The van der Waals surface area contributed by atoms with Crippen LogP contribution in [0, 0.1) is 11.3 Å². The Hall–Kier alpha value is -2.91. The lowest BCUT2D eigenvalue weighted by Crippen LogP contribution is -2.43. The molecule has 0 aromatic carbocycles. The van der Waals surface area contributed by atoms with Crippen LogP contribution in [0.3, 0.4) is 0 Å². The SMILES string of the molecule is N#Cc1c(-c2ccc(N3CCNCC3)nc2)nn2ccccc12. The molecule has 3 aromatic rings. The van der Waals surface area contributed by atoms with Gasteiger partial charge in [-0.05, 0) is 24.3 Å². The lowest BCUT2D eigenvalue weighted by atomic mass is 10.1. The monoisotopic (exact) mass is 304 g/mol. The van der Waals surface area contributed by atoms with Crippen LogP contribution in [0.5, 0.6) is 0 Å². The highest BCUT2D eigenvalue weighted by molar-refractivity contribution is 5.77. The zero-order chi connectivity index (χ0) is 15.6. The number of piperazine rings is 1. The van der Waals surface area contributed by atoms with E-state index in [2.05, 4.69) is 26.4 Å². The van der Waals surface area contributed by atoms with E-state index in [4.69, 9.17) is 0 Å². The van der Waals surface area contributed by atoms with Gasteiger partial charge in [0.05, 0.1) is 5.52 Å². The highest BCUT2D eigenvalue weighted by atomic mass is 15.2. The first-order valence-corrected chi connectivity index (χ1v) is 7.66. The summed E-state index contributed by atoms with van der Waals surface area (Å²) in [5, 5.41) is 17.3. The second-order valence-corrected chi connectivity index (χ2v) is 5.51. The molecule has 0 atom stereocenters. The van der Waals surface area contributed by atoms with E-state index in [-0.39, 0.29) is 0 Å². The number of nitrogens with zero attached hydrogens (tertiary/aromatic N) is 5. The number of hydrogen-bond donors (Lipinski definition) is 1. The van der Waals surface area contributed by atoms with Gasteiger partial charge in [0.1, 0.15) is 23.1 Å². The minimum Gasteiger partial charge on any atom is -0.354 e. The van der Waals surface area contributed by atoms with Crippen molar-refractivity contribution in [1.82, 2.24) is 19.9 Å². The maximum atomic E-state index is 9.49. The molecule has 1 aliphatic heterocycles. The minimum atomic E-state index is 0.585. The maximum absolute atomic E-state index is 9.49. The van der Waals surface area contributed by atoms with Crippen LogP contribution in [-0.2, 0) is 0 Å². The van der Waals surface area contributed by atoms with E-state index in [0.29, 0.717) is 11.3 Å². The van der Waals surface area contributed by atoms with Crippen molar-refractivity contribution in [1.29, 1.82) is 5.26 Å². The van der Waals surface area contributed by atoms with Crippen LogP contribution in [0.4, 0.5) is 5.82 Å². The van der Waals surface area contributed by atoms with Gasteiger partial charge in [0.2, 0.25) is 0 Å². The molecule has 6 nitrogen and oxygen atoms in total. The van der Waals surface area contributed by atoms with Gasteiger partial charge in [0, 0.05) is 44.1 Å². The number of aromatic nitrogens is 3. The Labute approximate surface area is 134 Å². The van der Waals surface area contributed by atoms with Crippen molar-refractivity contribution < 1.29 is 0 Å². The topological polar surface area (TPSA) is 69.2 Å². The average Bonchev–Trinajstić information content (AvgIpc) is 3.01. The standard InChI is InChI=1S/C17H16N6/c18-11-14-15-3-1-2-8-23(15)21-17(14)13-4-5-16(20-12-13)22-9-6-19-7-10-22/h1-5,8,12,19H,6-7,9-10H2. The molecule has 3 aromatic heterocycles. The van der Waals surface area contributed by atoms with Gasteiger partial charge in [-0.15, -0.1) is 0 Å². The Morgan fingerprint density at radius 3 is 2.74 bits per heavy atom. The molecule has 6 heteroatoms. The summed E-state index contributed by atoms with van der Waals surface area (Å²) < 4.78 is 1.73. The summed E-state index contributed by atoms with van der Waals surface area (Å²) in [4.78, 5) is 6.82. The molecule has 0 spiro atoms. The van der Waals surface area contributed by atoms with Crippen molar-refractivity contribution >= 4 is 11.3 Å². The van der Waals surface area contributed by atoms with Gasteiger partial charge in [-0.2, -0.15) is 10.4 Å². The molecule has 1 N–H and O–H groups in total. The Morgan fingerprint density at radius 2 is 2.00 bits per heavy atom. The summed E-state index contributed by atoms with van der Waals surface area (Å²) in [5.74, 6) is 0.970. The lowest BCUT2D eigenvalue weighted by Gasteiger charge is -2.28. The summed E-state index contributed by atoms with van der Waals surface area (Å²) in [7, 11) is 0. The molecule has 4 rings (SSSR count). The van der Waals surface area contributed by atoms with Gasteiger partial charge in [0.15, 0.2) is 0 Å². The third kappa shape index (κ3) is 2.41. The molecular weight excluding hydrogens is 288 g/mol. The number of nitriles is 1. The molecule has 1 aliphatic rings. The summed E-state index contributed by atoms with van der Waals surface area (Å²) in [6.45, 7) is 3.89. The van der Waals surface area contributed by atoms with Crippen molar-refractivity contribution in [3.05, 3.63) is 48.3 Å². The van der Waals surface area contributed by atoms with Gasteiger partial charge in [0.25, 0.3) is 0 Å². The molecule has 0 amide bonds. The minimum absolute atomic E-state index is 0.585. The zero-order valence-corrected chi connectivity index (χ0v) is 12.6. The quantitative estimate of drug-likeness (QED) is 0.780. The fourth-order valence-electron chi connectivity index (χ4n) is 2.92. The Kier molecular flexibility index (Phi) is 3.41. The summed E-state index contributed by atoms with van der Waals surface area (Å²) >= 11 is 0. The second kappa shape index (κ2) is 5.71. The van der Waals surface area contributed by atoms with Crippen LogP contribution in [0.2, 0.25) is 0 Å². The van der Waals surface area contributed by atoms with Crippen molar-refractivity contribution in [2.24, 2.45) is 0 Å². The first-order chi connectivity index (χ1) is 11.4. The number of rotatable bonds is 2. The van der Waals surface area contributed by atoms with E-state index < -0.39 is 0 Å². The van der Waals surface area contributed by atoms with Crippen LogP contribution in [0.25, 0.3) is 16.8 Å². The van der Waals surface area contributed by atoms with Gasteiger partial charge in [-0.25, -0.2) is 9.50 Å². The van der Waals surface area contributed by atoms with Crippen LogP contribution in [0.1, 0.15) is 5.56 Å². The van der Waals surface area contributed by atoms with Gasteiger partial charge in [-0.1, -0.05) is 6.07 Å². The smallest absolute Gasteiger partial charge is 0.128 e. The molecule has 1 fully saturated rings. The molecule has 0 aliphatic carbocycles. The first kappa shape index (κ1) is 13.7. The number of nitrogens with one attached hydrogen (secondary N) is 1. The molecule has 0 unspecified atom stereocenters. The fraction of sp³-hybridized carbons (Fsp3) is 0.235. The maximum Gasteiger partial charge on any atom is 0.128 e. The van der Waals surface area contributed by atoms with E-state index >= 15 is 0 Å². The van der Waals surface area contributed by atoms with Gasteiger partial charge >= 0.3 is 0 Å². The fourth-order valence-corrected chi connectivity index (χ4v) is 2.92. The summed E-state index contributed by atoms with van der Waals surface area (Å²) in [6.07, 6.45) is 3.65. The Morgan fingerprint density at radius 1 is 1.13 bits per heavy atom. The van der Waals surface area contributed by atoms with Crippen molar-refractivity contribution in [2.45, 2.75) is 0 Å². The van der Waals surface area contributed by atoms with Crippen LogP contribution in [0.15, 0.2) is 42.7 Å². The normalized spacial score (nSPS) is 14.8. The third-order valence-corrected chi connectivity index (χ3v) is 4.11. The number of fused-ring (bicyclic) bond motifs is 1. The van der Waals surface area contributed by atoms with Gasteiger partial charge in [-0.3, -0.25) is 0 Å². The van der Waals surface area contributed by atoms with Crippen molar-refractivity contribution in [2.75, 3.05) is 31.1 Å². The highest BCUT2D eigenvalue weighted by Gasteiger charge is 2.16. The molecule has 1 saturated heterocycles. The third-order valence-electron chi connectivity index (χ3n) is 4.11. The largest absolute Gasteiger partial charge is 0.354 e. The van der Waals surface area contributed by atoms with Crippen molar-refractivity contribution in [3.8, 4) is 17.3 Å². The highest BCUT2D eigenvalue weighted by Crippen LogP contribution is 2.26. The number of anilines is 1. The molecule has 23 heavy (non-hydrogen) atoms. The first-order valence-electron chi connectivity index (χ1n) is 7.66. The van der Waals surface area contributed by atoms with Crippen LogP contribution in [-0.4, -0.2) is 40.8 Å². The number of pyridine rings is 2. The van der Waals surface area contributed by atoms with E-state index in [1.165, 1.54) is 0 Å². The number of hydrogen-bond acceptors (Lipinski definition) is 5. The van der Waals surface area contributed by atoms with Gasteiger partial charge < -0.3 is 10.2 Å². The van der Waals surface area contributed by atoms with E-state index in [9.17, 15) is 5.26 Å². The molecule has 114 valence electrons. The van der Waals surface area contributed by atoms with E-state index in [1.807, 2.05) is 36.5 Å². The van der Waals surface area contributed by atoms with Crippen LogP contribution < -0.4 is 10.2 Å². The predicted molar refractivity (Wildman–Crippen MR) is 88.2 cm³/mol. The van der Waals surface area contributed by atoms with E-state index in [1.54, 1.807) is 10.7 Å². The molecule has 0 bridgehead atoms. The van der Waals surface area contributed by atoms with E-state index in [0.717, 1.165) is 43.1 Å². The lowest BCUT2D eigenvalue weighted by molar-refractivity contribution is 0.585. The molecule has 4 heterocycles. The molecular formula is C17H16N6. The average molecular weight is 304 g/mol. The zero-order valence-electron chi connectivity index (χ0n) is 12.6. The Balaban J connectivity index is 1.72.